The van der Waals surface area contributed by atoms with Gasteiger partial charge in [0.2, 0.25) is 0 Å². The summed E-state index contributed by atoms with van der Waals surface area (Å²) in [5.41, 5.74) is 0. The minimum Gasteiger partial charge on any atom is -0.377 e. The molecule has 0 aliphatic carbocycles. The number of hydrogen-bond donors (Lipinski definition) is 1. The van der Waals surface area contributed by atoms with Crippen molar-refractivity contribution in [1.82, 2.24) is 10.2 Å². The number of nitrogens with zero attached hydrogens (tertiary/aromatic N) is 1. The fraction of sp³-hybridized carbons (Fsp3) is 1.00. The lowest BCUT2D eigenvalue weighted by Gasteiger charge is -2.23. The van der Waals surface area contributed by atoms with Crippen LogP contribution in [0.3, 0.4) is 0 Å². The average Bonchev–Trinajstić information content (AvgIpc) is 2.68. The molecule has 1 aliphatic heterocycles. The Morgan fingerprint density at radius 2 is 2.12 bits per heavy atom. The maximum Gasteiger partial charge on any atom is 0.0726 e. The summed E-state index contributed by atoms with van der Waals surface area (Å²) in [6.07, 6.45) is 2.88. The van der Waals surface area contributed by atoms with Crippen LogP contribution in [-0.2, 0) is 4.74 Å². The summed E-state index contributed by atoms with van der Waals surface area (Å²) in [5.74, 6) is 0.751. The van der Waals surface area contributed by atoms with Crippen molar-refractivity contribution >= 4 is 0 Å². The van der Waals surface area contributed by atoms with E-state index in [0.29, 0.717) is 12.1 Å². The van der Waals surface area contributed by atoms with E-state index < -0.39 is 0 Å². The van der Waals surface area contributed by atoms with Crippen LogP contribution in [0.1, 0.15) is 33.6 Å². The Hall–Kier alpha value is -0.120. The lowest BCUT2D eigenvalue weighted by molar-refractivity contribution is 0.0828. The number of likely N-dealkylation sites (N-methyl/N-ethyl adjacent to an activating group) is 1. The highest BCUT2D eigenvalue weighted by Gasteiger charge is 2.21. The average molecular weight is 228 g/mol. The molecule has 3 heteroatoms. The van der Waals surface area contributed by atoms with Gasteiger partial charge in [0.05, 0.1) is 6.10 Å². The molecule has 0 bridgehead atoms. The zero-order valence-corrected chi connectivity index (χ0v) is 11.3. The molecule has 2 unspecified atom stereocenters. The van der Waals surface area contributed by atoms with E-state index in [2.05, 4.69) is 38.0 Å². The van der Waals surface area contributed by atoms with Crippen LogP contribution < -0.4 is 5.32 Å². The summed E-state index contributed by atoms with van der Waals surface area (Å²) in [6, 6.07) is 0.495. The van der Waals surface area contributed by atoms with Crippen molar-refractivity contribution in [2.45, 2.75) is 45.8 Å². The summed E-state index contributed by atoms with van der Waals surface area (Å²) in [5, 5.41) is 3.56. The molecular weight excluding hydrogens is 200 g/mol. The summed E-state index contributed by atoms with van der Waals surface area (Å²) in [7, 11) is 2.19. The van der Waals surface area contributed by atoms with Crippen molar-refractivity contribution in [2.24, 2.45) is 5.92 Å². The third-order valence-corrected chi connectivity index (χ3v) is 3.16. The van der Waals surface area contributed by atoms with E-state index in [-0.39, 0.29) is 0 Å². The predicted octanol–water partition coefficient (Wildman–Crippen LogP) is 1.73. The van der Waals surface area contributed by atoms with Crippen molar-refractivity contribution in [3.63, 3.8) is 0 Å². The van der Waals surface area contributed by atoms with Crippen LogP contribution in [0.5, 0.6) is 0 Å². The Balaban J connectivity index is 2.05. The van der Waals surface area contributed by atoms with Gasteiger partial charge in [-0.1, -0.05) is 13.8 Å². The molecule has 1 N–H and O–H groups in total. The van der Waals surface area contributed by atoms with Gasteiger partial charge in [-0.3, -0.25) is 0 Å². The van der Waals surface area contributed by atoms with Gasteiger partial charge >= 0.3 is 0 Å². The second-order valence-electron chi connectivity index (χ2n) is 5.45. The molecule has 0 aromatic rings. The summed E-state index contributed by atoms with van der Waals surface area (Å²) >= 11 is 0. The fourth-order valence-corrected chi connectivity index (χ4v) is 2.33. The van der Waals surface area contributed by atoms with Crippen LogP contribution in [0.2, 0.25) is 0 Å². The molecule has 96 valence electrons. The van der Waals surface area contributed by atoms with E-state index in [1.54, 1.807) is 0 Å². The smallest absolute Gasteiger partial charge is 0.0726 e. The minimum atomic E-state index is 0.440. The first kappa shape index (κ1) is 13.9. The van der Waals surface area contributed by atoms with E-state index in [0.717, 1.165) is 25.6 Å². The highest BCUT2D eigenvalue weighted by Crippen LogP contribution is 2.15. The molecule has 1 heterocycles. The second kappa shape index (κ2) is 7.25. The van der Waals surface area contributed by atoms with Gasteiger partial charge in [-0.15, -0.1) is 0 Å². The van der Waals surface area contributed by atoms with E-state index >= 15 is 0 Å². The molecule has 0 spiro atoms. The van der Waals surface area contributed by atoms with Gasteiger partial charge in [-0.2, -0.15) is 0 Å². The van der Waals surface area contributed by atoms with Crippen LogP contribution >= 0.6 is 0 Å². The van der Waals surface area contributed by atoms with Crippen LogP contribution in [-0.4, -0.2) is 50.3 Å². The van der Waals surface area contributed by atoms with Gasteiger partial charge < -0.3 is 15.0 Å². The molecule has 0 saturated carbocycles. The zero-order chi connectivity index (χ0) is 12.0. The van der Waals surface area contributed by atoms with E-state index in [9.17, 15) is 0 Å². The Morgan fingerprint density at radius 3 is 2.69 bits per heavy atom. The molecule has 1 saturated heterocycles. The Morgan fingerprint density at radius 1 is 1.38 bits per heavy atom. The molecule has 1 fully saturated rings. The first-order valence-electron chi connectivity index (χ1n) is 6.63. The van der Waals surface area contributed by atoms with E-state index in [1.807, 2.05) is 0 Å². The monoisotopic (exact) mass is 228 g/mol. The predicted molar refractivity (Wildman–Crippen MR) is 68.8 cm³/mol. The van der Waals surface area contributed by atoms with E-state index in [1.165, 1.54) is 19.4 Å². The number of hydrogen-bond acceptors (Lipinski definition) is 3. The lowest BCUT2D eigenvalue weighted by Crippen LogP contribution is -2.41. The fourth-order valence-electron chi connectivity index (χ4n) is 2.33. The molecule has 3 nitrogen and oxygen atoms in total. The van der Waals surface area contributed by atoms with Crippen LogP contribution in [0, 0.1) is 5.92 Å². The van der Waals surface area contributed by atoms with Crippen molar-refractivity contribution in [1.29, 1.82) is 0 Å². The van der Waals surface area contributed by atoms with Crippen molar-refractivity contribution < 1.29 is 4.74 Å². The summed E-state index contributed by atoms with van der Waals surface area (Å²) in [6.45, 7) is 11.1. The van der Waals surface area contributed by atoms with Crippen molar-refractivity contribution in [3.05, 3.63) is 0 Å². The molecule has 1 rings (SSSR count). The second-order valence-corrected chi connectivity index (χ2v) is 5.45. The van der Waals surface area contributed by atoms with Gasteiger partial charge in [0.1, 0.15) is 0 Å². The normalized spacial score (nSPS) is 23.2. The molecule has 0 radical (unpaired) electrons. The number of rotatable bonds is 7. The Labute approximate surface area is 101 Å². The molecule has 16 heavy (non-hydrogen) atoms. The highest BCUT2D eigenvalue weighted by molar-refractivity contribution is 4.76. The topological polar surface area (TPSA) is 24.5 Å². The molecular formula is C13H28N2O. The van der Waals surface area contributed by atoms with Gasteiger partial charge in [0.25, 0.3) is 0 Å². The van der Waals surface area contributed by atoms with Gasteiger partial charge in [0.15, 0.2) is 0 Å². The maximum atomic E-state index is 5.66. The molecule has 0 aromatic carbocycles. The van der Waals surface area contributed by atoms with Gasteiger partial charge in [-0.05, 0) is 32.7 Å². The first-order chi connectivity index (χ1) is 7.59. The minimum absolute atomic E-state index is 0.440. The Bertz CT molecular complexity index is 179. The number of nitrogens with one attached hydrogen (secondary N) is 1. The molecule has 2 atom stereocenters. The summed E-state index contributed by atoms with van der Waals surface area (Å²) in [4.78, 5) is 2.39. The third-order valence-electron chi connectivity index (χ3n) is 3.16. The van der Waals surface area contributed by atoms with Crippen LogP contribution in [0.25, 0.3) is 0 Å². The van der Waals surface area contributed by atoms with Crippen LogP contribution in [0.15, 0.2) is 0 Å². The lowest BCUT2D eigenvalue weighted by atomic mass is 10.1. The number of ether oxygens (including phenoxy) is 1. The first-order valence-corrected chi connectivity index (χ1v) is 6.63. The Kier molecular flexibility index (Phi) is 6.32. The van der Waals surface area contributed by atoms with Crippen molar-refractivity contribution in [3.8, 4) is 0 Å². The molecule has 0 aromatic heterocycles. The zero-order valence-electron chi connectivity index (χ0n) is 11.3. The standard InChI is InChI=1S/C13H28N2O/c1-11(2)10-15(4)8-7-14-12(3)13-6-5-9-16-13/h11-14H,5-10H2,1-4H3. The quantitative estimate of drug-likeness (QED) is 0.718. The van der Waals surface area contributed by atoms with Crippen LogP contribution in [0.4, 0.5) is 0 Å². The molecule has 1 aliphatic rings. The maximum absolute atomic E-state index is 5.66. The highest BCUT2D eigenvalue weighted by atomic mass is 16.5. The molecule has 0 amide bonds. The van der Waals surface area contributed by atoms with Gasteiger partial charge in [-0.25, -0.2) is 0 Å². The largest absolute Gasteiger partial charge is 0.377 e. The van der Waals surface area contributed by atoms with Crippen molar-refractivity contribution in [2.75, 3.05) is 33.3 Å². The SMILES string of the molecule is CC(C)CN(C)CCNC(C)C1CCCO1. The van der Waals surface area contributed by atoms with Gasteiger partial charge in [0, 0.05) is 32.3 Å². The summed E-state index contributed by atoms with van der Waals surface area (Å²) < 4.78 is 5.66. The van der Waals surface area contributed by atoms with E-state index in [4.69, 9.17) is 4.74 Å². The third kappa shape index (κ3) is 5.28.